The van der Waals surface area contributed by atoms with Crippen LogP contribution >= 0.6 is 0 Å². The molecule has 2 atom stereocenters. The number of benzene rings is 1. The zero-order valence-electron chi connectivity index (χ0n) is 13.3. The predicted molar refractivity (Wildman–Crippen MR) is 82.4 cm³/mol. The summed E-state index contributed by atoms with van der Waals surface area (Å²) in [5, 5.41) is 15.2. The van der Waals surface area contributed by atoms with Crippen LogP contribution in [0.5, 0.6) is 0 Å². The van der Waals surface area contributed by atoms with E-state index in [4.69, 9.17) is 0 Å². The van der Waals surface area contributed by atoms with Gasteiger partial charge in [0.25, 0.3) is 5.91 Å². The van der Waals surface area contributed by atoms with Crippen LogP contribution in [0.25, 0.3) is 0 Å². The summed E-state index contributed by atoms with van der Waals surface area (Å²) in [6, 6.07) is 6.61. The summed E-state index contributed by atoms with van der Waals surface area (Å²) >= 11 is 0. The first-order chi connectivity index (χ1) is 11.2. The molecule has 7 heteroatoms. The summed E-state index contributed by atoms with van der Waals surface area (Å²) < 4.78 is 40.1. The minimum absolute atomic E-state index is 0.0956. The van der Waals surface area contributed by atoms with Crippen molar-refractivity contribution in [1.82, 2.24) is 5.01 Å². The van der Waals surface area contributed by atoms with Crippen molar-refractivity contribution in [2.45, 2.75) is 50.9 Å². The predicted octanol–water partition coefficient (Wildman–Crippen LogP) is 3.64. The maximum Gasteiger partial charge on any atom is 0.431 e. The first-order valence-corrected chi connectivity index (χ1v) is 8.03. The summed E-state index contributed by atoms with van der Waals surface area (Å²) in [6.07, 6.45) is -2.52. The normalized spacial score (nSPS) is 27.5. The van der Waals surface area contributed by atoms with E-state index >= 15 is 0 Å². The summed E-state index contributed by atoms with van der Waals surface area (Å²) in [5.74, 6) is -1.88. The van der Waals surface area contributed by atoms with Crippen LogP contribution in [0, 0.1) is 12.8 Å². The Labute approximate surface area is 138 Å². The molecule has 24 heavy (non-hydrogen) atoms. The molecule has 130 valence electrons. The molecule has 1 aromatic carbocycles. The Hall–Kier alpha value is -1.89. The van der Waals surface area contributed by atoms with Crippen LogP contribution in [-0.4, -0.2) is 33.6 Å². The average molecular weight is 340 g/mol. The Morgan fingerprint density at radius 1 is 1.29 bits per heavy atom. The number of carbonyl (C=O) groups excluding carboxylic acids is 1. The van der Waals surface area contributed by atoms with E-state index in [1.54, 1.807) is 25.1 Å². The second kappa shape index (κ2) is 5.88. The molecule has 4 nitrogen and oxygen atoms in total. The van der Waals surface area contributed by atoms with Crippen LogP contribution in [0.1, 0.15) is 48.0 Å². The number of hydrogen-bond acceptors (Lipinski definition) is 3. The highest BCUT2D eigenvalue weighted by Crippen LogP contribution is 2.45. The molecular weight excluding hydrogens is 321 g/mol. The lowest BCUT2D eigenvalue weighted by Crippen LogP contribution is -2.51. The molecule has 0 spiro atoms. The maximum atomic E-state index is 13.4. The Morgan fingerprint density at radius 3 is 2.67 bits per heavy atom. The van der Waals surface area contributed by atoms with Crippen molar-refractivity contribution in [3.8, 4) is 0 Å². The van der Waals surface area contributed by atoms with Crippen LogP contribution in [0.4, 0.5) is 13.2 Å². The number of alkyl halides is 3. The van der Waals surface area contributed by atoms with Crippen LogP contribution in [0.2, 0.25) is 0 Å². The van der Waals surface area contributed by atoms with E-state index in [9.17, 15) is 23.1 Å². The van der Waals surface area contributed by atoms with Gasteiger partial charge in [0.15, 0.2) is 5.72 Å². The van der Waals surface area contributed by atoms with Gasteiger partial charge in [0.2, 0.25) is 0 Å². The highest BCUT2D eigenvalue weighted by molar-refractivity contribution is 6.01. The molecule has 0 aromatic heterocycles. The molecule has 0 bridgehead atoms. The van der Waals surface area contributed by atoms with Gasteiger partial charge in [0.1, 0.15) is 5.71 Å². The largest absolute Gasteiger partial charge is 0.431 e. The number of amides is 1. The van der Waals surface area contributed by atoms with E-state index in [0.29, 0.717) is 23.4 Å². The second-order valence-corrected chi connectivity index (χ2v) is 6.45. The number of halogens is 3. The third kappa shape index (κ3) is 2.70. The fourth-order valence-electron chi connectivity index (χ4n) is 3.59. The molecule has 1 amide bonds. The zero-order chi connectivity index (χ0) is 17.5. The molecule has 1 aromatic rings. The van der Waals surface area contributed by atoms with Crippen molar-refractivity contribution < 1.29 is 23.1 Å². The third-order valence-corrected chi connectivity index (χ3v) is 4.86. The maximum absolute atomic E-state index is 13.4. The SMILES string of the molecule is Cc1ccccc1C(=O)N1N=C(C(F)(F)F)C2CCCCCC21O. The van der Waals surface area contributed by atoms with Crippen LogP contribution < -0.4 is 0 Å². The highest BCUT2D eigenvalue weighted by Gasteiger charge is 2.59. The van der Waals surface area contributed by atoms with E-state index in [2.05, 4.69) is 5.10 Å². The number of aryl methyl sites for hydroxylation is 1. The highest BCUT2D eigenvalue weighted by atomic mass is 19.4. The van der Waals surface area contributed by atoms with E-state index < -0.39 is 29.4 Å². The molecule has 2 aliphatic rings. The fraction of sp³-hybridized carbons (Fsp3) is 0.529. The van der Waals surface area contributed by atoms with Crippen molar-refractivity contribution >= 4 is 11.6 Å². The molecule has 3 rings (SSSR count). The van der Waals surface area contributed by atoms with Crippen LogP contribution in [0.3, 0.4) is 0 Å². The minimum Gasteiger partial charge on any atom is -0.368 e. The Kier molecular flexibility index (Phi) is 4.15. The Balaban J connectivity index is 2.06. The molecule has 1 fully saturated rings. The van der Waals surface area contributed by atoms with Gasteiger partial charge in [-0.25, -0.2) is 0 Å². The first kappa shape index (κ1) is 17.0. The lowest BCUT2D eigenvalue weighted by atomic mass is 9.87. The van der Waals surface area contributed by atoms with Gasteiger partial charge in [-0.3, -0.25) is 4.79 Å². The lowest BCUT2D eigenvalue weighted by Gasteiger charge is -2.35. The molecule has 0 saturated heterocycles. The second-order valence-electron chi connectivity index (χ2n) is 6.45. The monoisotopic (exact) mass is 340 g/mol. The van der Waals surface area contributed by atoms with Crippen LogP contribution in [-0.2, 0) is 0 Å². The van der Waals surface area contributed by atoms with E-state index in [1.807, 2.05) is 0 Å². The molecular formula is C17H19F3N2O2. The standard InChI is InChI=1S/C17H19F3N2O2/c1-11-7-4-5-8-12(11)15(23)22-16(24)10-6-2-3-9-13(16)14(21-22)17(18,19)20/h4-5,7-8,13,24H,2-3,6,9-10H2,1H3. The number of carbonyl (C=O) groups is 1. The summed E-state index contributed by atoms with van der Waals surface area (Å²) in [7, 11) is 0. The quantitative estimate of drug-likeness (QED) is 0.849. The first-order valence-electron chi connectivity index (χ1n) is 8.03. The van der Waals surface area contributed by atoms with Gasteiger partial charge in [-0.1, -0.05) is 31.0 Å². The molecule has 1 N–H and O–H groups in total. The van der Waals surface area contributed by atoms with E-state index in [-0.39, 0.29) is 18.4 Å². The van der Waals surface area contributed by atoms with Gasteiger partial charge in [0, 0.05) is 5.56 Å². The van der Waals surface area contributed by atoms with Crippen molar-refractivity contribution in [2.75, 3.05) is 0 Å². The lowest BCUT2D eigenvalue weighted by molar-refractivity contribution is -0.108. The minimum atomic E-state index is -4.66. The Bertz CT molecular complexity index is 687. The fourth-order valence-corrected chi connectivity index (χ4v) is 3.59. The van der Waals surface area contributed by atoms with Gasteiger partial charge < -0.3 is 5.11 Å². The Morgan fingerprint density at radius 2 is 2.00 bits per heavy atom. The smallest absolute Gasteiger partial charge is 0.368 e. The van der Waals surface area contributed by atoms with Crippen molar-refractivity contribution in [3.63, 3.8) is 0 Å². The van der Waals surface area contributed by atoms with Gasteiger partial charge in [-0.15, -0.1) is 0 Å². The number of aliphatic hydroxyl groups is 1. The topological polar surface area (TPSA) is 52.9 Å². The van der Waals surface area contributed by atoms with Gasteiger partial charge in [-0.2, -0.15) is 23.3 Å². The van der Waals surface area contributed by atoms with Gasteiger partial charge in [0.05, 0.1) is 5.92 Å². The molecule has 1 heterocycles. The van der Waals surface area contributed by atoms with E-state index in [0.717, 1.165) is 6.42 Å². The third-order valence-electron chi connectivity index (χ3n) is 4.86. The number of rotatable bonds is 1. The zero-order valence-corrected chi connectivity index (χ0v) is 13.3. The summed E-state index contributed by atoms with van der Waals surface area (Å²) in [5.41, 5.74) is -2.07. The molecule has 1 aliphatic heterocycles. The number of hydrazone groups is 1. The number of nitrogens with zero attached hydrogens (tertiary/aromatic N) is 2. The molecule has 0 radical (unpaired) electrons. The summed E-state index contributed by atoms with van der Waals surface area (Å²) in [6.45, 7) is 1.70. The van der Waals surface area contributed by atoms with Crippen molar-refractivity contribution in [2.24, 2.45) is 11.0 Å². The van der Waals surface area contributed by atoms with Crippen molar-refractivity contribution in [1.29, 1.82) is 0 Å². The molecule has 2 unspecified atom stereocenters. The van der Waals surface area contributed by atoms with E-state index in [1.165, 1.54) is 6.07 Å². The van der Waals surface area contributed by atoms with Crippen LogP contribution in [0.15, 0.2) is 29.4 Å². The molecule has 1 saturated carbocycles. The van der Waals surface area contributed by atoms with Gasteiger partial charge in [-0.05, 0) is 37.8 Å². The number of fused-ring (bicyclic) bond motifs is 1. The summed E-state index contributed by atoms with van der Waals surface area (Å²) in [4.78, 5) is 12.8. The van der Waals surface area contributed by atoms with Crippen molar-refractivity contribution in [3.05, 3.63) is 35.4 Å². The molecule has 1 aliphatic carbocycles. The number of hydrogen-bond donors (Lipinski definition) is 1. The van der Waals surface area contributed by atoms with Gasteiger partial charge >= 0.3 is 6.18 Å². The average Bonchev–Trinajstić information content (AvgIpc) is 2.67.